The normalized spacial score (nSPS) is 23.4. The minimum absolute atomic E-state index is 0.0383. The van der Waals surface area contributed by atoms with Gasteiger partial charge in [-0.15, -0.1) is 0 Å². The summed E-state index contributed by atoms with van der Waals surface area (Å²) >= 11 is 0.992. The number of aromatic amines is 1. The fourth-order valence-electron chi connectivity index (χ4n) is 3.65. The summed E-state index contributed by atoms with van der Waals surface area (Å²) in [5.41, 5.74) is 3.03. The van der Waals surface area contributed by atoms with Crippen LogP contribution >= 0.6 is 19.3 Å². The number of anilines is 1. The average Bonchev–Trinajstić information content (AvgIpc) is 3.38. The number of hydrogen-bond donors (Lipinski definition) is 5. The molecule has 2 aromatic rings. The van der Waals surface area contributed by atoms with Gasteiger partial charge in [-0.2, -0.15) is 4.98 Å². The molecule has 17 heteroatoms. The van der Waals surface area contributed by atoms with E-state index in [1.165, 1.54) is 10.9 Å². The first-order valence-corrected chi connectivity index (χ1v) is 14.6. The molecule has 2 aromatic heterocycles. The third kappa shape index (κ3) is 7.20. The van der Waals surface area contributed by atoms with Gasteiger partial charge >= 0.3 is 5.97 Å². The first kappa shape index (κ1) is 30.2. The monoisotopic (exact) mass is 576 g/mol. The van der Waals surface area contributed by atoms with Crippen LogP contribution in [0.1, 0.15) is 33.4 Å². The van der Waals surface area contributed by atoms with Gasteiger partial charge < -0.3 is 34.8 Å². The highest BCUT2D eigenvalue weighted by molar-refractivity contribution is 8.13. The lowest BCUT2D eigenvalue weighted by atomic mass is 9.97. The lowest BCUT2D eigenvalue weighted by molar-refractivity contribution is -0.135. The maximum Gasteiger partial charge on any atom is 0.325 e. The second kappa shape index (κ2) is 11.8. The highest BCUT2D eigenvalue weighted by Gasteiger charge is 2.46. The number of carbonyl (C=O) groups is 2. The minimum atomic E-state index is -3.04. The second-order valence-corrected chi connectivity index (χ2v) is 13.2. The summed E-state index contributed by atoms with van der Waals surface area (Å²) in [5, 5.41) is 29.3. The Kier molecular flexibility index (Phi) is 9.40. The lowest BCUT2D eigenvalue weighted by Gasteiger charge is -2.24. The number of aliphatic hydroxyl groups excluding tert-OH is 1. The number of carbonyl (C=O) groups excluding carboxylic acids is 1. The van der Waals surface area contributed by atoms with Gasteiger partial charge in [0.1, 0.15) is 12.1 Å². The Morgan fingerprint density at radius 2 is 2.16 bits per heavy atom. The quantitative estimate of drug-likeness (QED) is 0.174. The zero-order chi connectivity index (χ0) is 28.3. The van der Waals surface area contributed by atoms with Crippen LogP contribution in [0.2, 0.25) is 0 Å². The maximum absolute atomic E-state index is 12.2. The van der Waals surface area contributed by atoms with Gasteiger partial charge in [-0.05, 0) is 20.8 Å². The highest BCUT2D eigenvalue weighted by Crippen LogP contribution is 2.49. The average molecular weight is 577 g/mol. The fourth-order valence-corrected chi connectivity index (χ4v) is 6.07. The number of nitrogens with zero attached hydrogens (tertiary/aromatic N) is 4. The van der Waals surface area contributed by atoms with Crippen LogP contribution in [0.3, 0.4) is 0 Å². The van der Waals surface area contributed by atoms with Gasteiger partial charge in [-0.1, -0.05) is 11.8 Å². The molecule has 6 N–H and O–H groups in total. The Labute approximate surface area is 222 Å². The minimum Gasteiger partial charge on any atom is -0.480 e. The molecule has 1 aliphatic rings. The van der Waals surface area contributed by atoms with Crippen molar-refractivity contribution in [3.05, 3.63) is 16.7 Å². The van der Waals surface area contributed by atoms with E-state index in [1.807, 2.05) is 0 Å². The number of H-pyrrole nitrogens is 1. The topological polar surface area (TPSA) is 224 Å². The predicted molar refractivity (Wildman–Crippen MR) is 140 cm³/mol. The van der Waals surface area contributed by atoms with Crippen molar-refractivity contribution >= 4 is 47.5 Å². The molecule has 4 unspecified atom stereocenters. The number of nitrogens with one attached hydrogen (secondary N) is 1. The van der Waals surface area contributed by atoms with Crippen LogP contribution in [-0.4, -0.2) is 96.4 Å². The van der Waals surface area contributed by atoms with Gasteiger partial charge in [-0.3, -0.25) is 23.9 Å². The first-order chi connectivity index (χ1) is 17.7. The summed E-state index contributed by atoms with van der Waals surface area (Å²) in [6, 6.07) is 0. The number of rotatable bonds is 12. The van der Waals surface area contributed by atoms with Crippen molar-refractivity contribution in [3.8, 4) is 0 Å². The van der Waals surface area contributed by atoms with E-state index in [0.717, 1.165) is 11.8 Å². The Balaban J connectivity index is 1.68. The molecule has 1 fully saturated rings. The molecular formula is C21H33N6O9PS. The number of carboxylic acid groups (broad SMARTS) is 1. The molecule has 3 rings (SSSR count). The van der Waals surface area contributed by atoms with E-state index in [2.05, 4.69) is 19.7 Å². The van der Waals surface area contributed by atoms with Crippen LogP contribution in [0.25, 0.3) is 11.2 Å². The van der Waals surface area contributed by atoms with Crippen molar-refractivity contribution in [3.63, 3.8) is 0 Å². The number of ether oxygens (including phenoxy) is 1. The SMILES string of the molecule is CC(C)(CO)C(=O)SCCOP(C)(=NCC(=O)O)OCC1CC(C)(O)C(n2cnc3c(=O)[nH]c(N)nc32)O1. The third-order valence-electron chi connectivity index (χ3n) is 5.76. The van der Waals surface area contributed by atoms with E-state index < -0.39 is 48.9 Å². The number of imidazole rings is 1. The molecule has 212 valence electrons. The van der Waals surface area contributed by atoms with E-state index in [9.17, 15) is 24.6 Å². The molecule has 0 aromatic carbocycles. The summed E-state index contributed by atoms with van der Waals surface area (Å²) in [6.07, 6.45) is -0.145. The summed E-state index contributed by atoms with van der Waals surface area (Å²) in [6.45, 7) is 5.52. The highest BCUT2D eigenvalue weighted by atomic mass is 32.2. The van der Waals surface area contributed by atoms with Crippen LogP contribution in [0.4, 0.5) is 5.95 Å². The Morgan fingerprint density at radius 3 is 2.82 bits per heavy atom. The van der Waals surface area contributed by atoms with Crippen LogP contribution in [0.5, 0.6) is 0 Å². The predicted octanol–water partition coefficient (Wildman–Crippen LogP) is 0.797. The summed E-state index contributed by atoms with van der Waals surface area (Å²) in [5.74, 6) is -1.02. The van der Waals surface area contributed by atoms with Crippen molar-refractivity contribution in [1.82, 2.24) is 19.5 Å². The molecule has 0 radical (unpaired) electrons. The molecule has 0 bridgehead atoms. The number of thioether (sulfide) groups is 1. The molecule has 0 amide bonds. The Bertz CT molecular complexity index is 1290. The van der Waals surface area contributed by atoms with Crippen molar-refractivity contribution in [2.24, 2.45) is 10.2 Å². The third-order valence-corrected chi connectivity index (χ3v) is 8.89. The number of aliphatic carboxylic acids is 1. The van der Waals surface area contributed by atoms with E-state index in [1.54, 1.807) is 27.4 Å². The van der Waals surface area contributed by atoms with Gasteiger partial charge in [-0.25, -0.2) is 9.73 Å². The number of carboxylic acids is 1. The summed E-state index contributed by atoms with van der Waals surface area (Å²) in [4.78, 5) is 45.9. The van der Waals surface area contributed by atoms with E-state index in [0.29, 0.717) is 0 Å². The largest absolute Gasteiger partial charge is 0.480 e. The van der Waals surface area contributed by atoms with E-state index in [-0.39, 0.29) is 54.2 Å². The molecule has 15 nitrogen and oxygen atoms in total. The number of aromatic nitrogens is 4. The van der Waals surface area contributed by atoms with Gasteiger partial charge in [0, 0.05) is 18.8 Å². The second-order valence-electron chi connectivity index (χ2n) is 9.75. The standard InChI is InChI=1S/C21H33N6O9PS/c1-20(2,10-28)18(32)38-6-5-34-37(4,24-8-13(29)30)35-9-12-7-21(3,33)17(36-12)27-11-23-14-15(27)25-19(22)26-16(14)31/h11-12,17,28,33H,5-10H2,1-4H3,(H,29,30)(H3,22,25,26,31). The molecule has 38 heavy (non-hydrogen) atoms. The summed E-state index contributed by atoms with van der Waals surface area (Å²) in [7, 11) is -3.04. The molecule has 0 spiro atoms. The van der Waals surface area contributed by atoms with Crippen molar-refractivity contribution in [1.29, 1.82) is 0 Å². The van der Waals surface area contributed by atoms with E-state index >= 15 is 0 Å². The molecule has 0 aliphatic carbocycles. The molecule has 0 saturated carbocycles. The number of fused-ring (bicyclic) bond motifs is 1. The van der Waals surface area contributed by atoms with Crippen molar-refractivity contribution < 1.29 is 38.7 Å². The van der Waals surface area contributed by atoms with Crippen LogP contribution in [-0.2, 0) is 23.4 Å². The number of hydrogen-bond acceptors (Lipinski definition) is 13. The Hall–Kier alpha value is -2.33. The number of aliphatic hydroxyl groups is 2. The maximum atomic E-state index is 12.2. The molecule has 1 aliphatic heterocycles. The van der Waals surface area contributed by atoms with Gasteiger partial charge in [0.25, 0.3) is 5.56 Å². The lowest BCUT2D eigenvalue weighted by Crippen LogP contribution is -2.32. The van der Waals surface area contributed by atoms with Crippen molar-refractivity contribution in [2.45, 2.75) is 45.1 Å². The van der Waals surface area contributed by atoms with Gasteiger partial charge in [0.15, 0.2) is 22.5 Å². The molecule has 1 saturated heterocycles. The summed E-state index contributed by atoms with van der Waals surface area (Å²) < 4.78 is 23.3. The molecule has 3 heterocycles. The van der Waals surface area contributed by atoms with Gasteiger partial charge in [0.05, 0.1) is 37.7 Å². The smallest absolute Gasteiger partial charge is 0.325 e. The molecule has 4 atom stereocenters. The van der Waals surface area contributed by atoms with E-state index in [4.69, 9.17) is 24.6 Å². The van der Waals surface area contributed by atoms with Gasteiger partial charge in [0.2, 0.25) is 13.5 Å². The Morgan fingerprint density at radius 1 is 1.45 bits per heavy atom. The van der Waals surface area contributed by atoms with Crippen LogP contribution < -0.4 is 11.3 Å². The fraction of sp³-hybridized carbons (Fsp3) is 0.667. The number of nitrogen functional groups attached to an aromatic ring is 1. The van der Waals surface area contributed by atoms with Crippen LogP contribution in [0.15, 0.2) is 15.9 Å². The number of nitrogens with two attached hydrogens (primary N) is 1. The zero-order valence-electron chi connectivity index (χ0n) is 21.5. The first-order valence-electron chi connectivity index (χ1n) is 11.6. The van der Waals surface area contributed by atoms with Crippen molar-refractivity contribution in [2.75, 3.05) is 44.5 Å². The van der Waals surface area contributed by atoms with Crippen LogP contribution in [0, 0.1) is 5.41 Å². The molecular weight excluding hydrogens is 543 g/mol. The zero-order valence-corrected chi connectivity index (χ0v) is 23.2.